The maximum atomic E-state index is 12.1. The third-order valence-electron chi connectivity index (χ3n) is 2.39. The molecule has 104 valence electrons. The lowest BCUT2D eigenvalue weighted by molar-refractivity contribution is 0.0701. The summed E-state index contributed by atoms with van der Waals surface area (Å²) in [6.45, 7) is -0.129. The van der Waals surface area contributed by atoms with Gasteiger partial charge in [-0.15, -0.1) is 22.7 Å². The molecule has 9 heteroatoms. The van der Waals surface area contributed by atoms with Crippen molar-refractivity contribution in [1.82, 2.24) is 4.72 Å². The maximum Gasteiger partial charge on any atom is 0.346 e. The summed E-state index contributed by atoms with van der Waals surface area (Å²) in [5, 5.41) is 20.9. The number of thiophene rings is 2. The predicted octanol–water partition coefficient (Wildman–Crippen LogP) is 1.86. The monoisotopic (exact) mass is 328 g/mol. The van der Waals surface area contributed by atoms with E-state index in [2.05, 4.69) is 4.72 Å². The molecule has 0 saturated heterocycles. The van der Waals surface area contributed by atoms with Crippen LogP contribution in [0.4, 0.5) is 0 Å². The van der Waals surface area contributed by atoms with E-state index in [-0.39, 0.29) is 21.2 Å². The second-order valence-corrected chi connectivity index (χ2v) is 7.43. The first-order chi connectivity index (χ1) is 9.45. The molecule has 20 heavy (non-hydrogen) atoms. The van der Waals surface area contributed by atoms with Crippen LogP contribution in [0, 0.1) is 11.3 Å². The Morgan fingerprint density at radius 1 is 1.35 bits per heavy atom. The molecule has 0 unspecified atom stereocenters. The summed E-state index contributed by atoms with van der Waals surface area (Å²) in [7, 11) is -3.82. The fraction of sp³-hybridized carbons (Fsp3) is 0.0909. The summed E-state index contributed by atoms with van der Waals surface area (Å²) < 4.78 is 26.4. The van der Waals surface area contributed by atoms with Crippen molar-refractivity contribution in [2.24, 2.45) is 0 Å². The van der Waals surface area contributed by atoms with Crippen LogP contribution in [0.3, 0.4) is 0 Å². The summed E-state index contributed by atoms with van der Waals surface area (Å²) in [6, 6.07) is 4.78. The Morgan fingerprint density at radius 2 is 2.05 bits per heavy atom. The number of hydrogen-bond acceptors (Lipinski definition) is 6. The Balaban J connectivity index is 2.20. The van der Waals surface area contributed by atoms with Crippen LogP contribution in [0.2, 0.25) is 0 Å². The van der Waals surface area contributed by atoms with Crippen molar-refractivity contribution in [2.75, 3.05) is 0 Å². The first-order valence-corrected chi connectivity index (χ1v) is 8.47. The number of nitrogens with one attached hydrogen (secondary N) is 1. The summed E-state index contributed by atoms with van der Waals surface area (Å²) in [4.78, 5) is 11.0. The zero-order valence-electron chi connectivity index (χ0n) is 9.86. The van der Waals surface area contributed by atoms with Crippen LogP contribution < -0.4 is 4.72 Å². The highest BCUT2D eigenvalue weighted by atomic mass is 32.2. The van der Waals surface area contributed by atoms with Gasteiger partial charge in [0.05, 0.1) is 5.56 Å². The van der Waals surface area contributed by atoms with Crippen molar-refractivity contribution in [2.45, 2.75) is 10.8 Å². The number of carboxylic acids is 1. The van der Waals surface area contributed by atoms with E-state index in [1.165, 1.54) is 11.4 Å². The van der Waals surface area contributed by atoms with E-state index in [9.17, 15) is 13.2 Å². The van der Waals surface area contributed by atoms with Gasteiger partial charge in [0.2, 0.25) is 0 Å². The fourth-order valence-electron chi connectivity index (χ4n) is 1.49. The molecule has 6 nitrogen and oxygen atoms in total. The first kappa shape index (κ1) is 14.7. The second-order valence-electron chi connectivity index (χ2n) is 3.64. The van der Waals surface area contributed by atoms with Crippen LogP contribution in [0.25, 0.3) is 0 Å². The van der Waals surface area contributed by atoms with Crippen LogP contribution in [0.1, 0.15) is 20.8 Å². The molecule has 0 bridgehead atoms. The molecule has 2 rings (SSSR count). The minimum atomic E-state index is -3.82. The third-order valence-corrected chi connectivity index (χ3v) is 6.22. The van der Waals surface area contributed by atoms with Crippen LogP contribution in [0.5, 0.6) is 0 Å². The lowest BCUT2D eigenvalue weighted by Gasteiger charge is -2.05. The smallest absolute Gasteiger partial charge is 0.346 e. The SMILES string of the molecule is N#Cc1ccsc1S(=O)(=O)NCc1ccsc1C(=O)O. The van der Waals surface area contributed by atoms with Crippen molar-refractivity contribution in [3.05, 3.63) is 38.9 Å². The van der Waals surface area contributed by atoms with Crippen molar-refractivity contribution >= 4 is 38.7 Å². The van der Waals surface area contributed by atoms with Crippen LogP contribution in [-0.4, -0.2) is 19.5 Å². The number of hydrogen-bond donors (Lipinski definition) is 2. The number of sulfonamides is 1. The molecule has 2 aromatic rings. The lowest BCUT2D eigenvalue weighted by atomic mass is 10.2. The number of carbonyl (C=O) groups is 1. The molecule has 2 heterocycles. The molecule has 0 spiro atoms. The quantitative estimate of drug-likeness (QED) is 0.871. The van der Waals surface area contributed by atoms with Gasteiger partial charge in [0.1, 0.15) is 10.9 Å². The van der Waals surface area contributed by atoms with Crippen molar-refractivity contribution in [3.8, 4) is 6.07 Å². The van der Waals surface area contributed by atoms with E-state index in [4.69, 9.17) is 10.4 Å². The first-order valence-electron chi connectivity index (χ1n) is 5.22. The molecular formula is C11H8N2O4S3. The number of nitrogens with zero attached hydrogens (tertiary/aromatic N) is 1. The minimum Gasteiger partial charge on any atom is -0.477 e. The molecule has 0 aliphatic rings. The normalized spacial score (nSPS) is 11.2. The molecule has 2 N–H and O–H groups in total. The molecular weight excluding hydrogens is 320 g/mol. The zero-order chi connectivity index (χ0) is 14.8. The number of rotatable bonds is 5. The van der Waals surface area contributed by atoms with E-state index in [0.29, 0.717) is 5.56 Å². The van der Waals surface area contributed by atoms with Gasteiger partial charge in [0, 0.05) is 6.54 Å². The average molecular weight is 328 g/mol. The molecule has 0 aliphatic heterocycles. The summed E-state index contributed by atoms with van der Waals surface area (Å²) in [5.74, 6) is -1.09. The van der Waals surface area contributed by atoms with Gasteiger partial charge in [0.15, 0.2) is 4.21 Å². The number of aromatic carboxylic acids is 1. The Labute approximate surface area is 123 Å². The van der Waals surface area contributed by atoms with E-state index < -0.39 is 16.0 Å². The van der Waals surface area contributed by atoms with Gasteiger partial charge >= 0.3 is 5.97 Å². The molecule has 0 atom stereocenters. The fourth-order valence-corrected chi connectivity index (χ4v) is 4.55. The van der Waals surface area contributed by atoms with Crippen molar-refractivity contribution in [3.63, 3.8) is 0 Å². The molecule has 0 fully saturated rings. The number of nitriles is 1. The second kappa shape index (κ2) is 5.72. The Bertz CT molecular complexity index is 783. The van der Waals surface area contributed by atoms with Gasteiger partial charge in [-0.3, -0.25) is 0 Å². The molecule has 0 saturated carbocycles. The predicted molar refractivity (Wildman–Crippen MR) is 74.3 cm³/mol. The van der Waals surface area contributed by atoms with Gasteiger partial charge in [-0.25, -0.2) is 17.9 Å². The molecule has 0 radical (unpaired) electrons. The van der Waals surface area contributed by atoms with E-state index in [1.807, 2.05) is 0 Å². The van der Waals surface area contributed by atoms with Gasteiger partial charge in [-0.2, -0.15) is 5.26 Å². The van der Waals surface area contributed by atoms with Crippen LogP contribution in [0.15, 0.2) is 27.1 Å². The molecule has 0 aliphatic carbocycles. The maximum absolute atomic E-state index is 12.1. The Kier molecular flexibility index (Phi) is 4.20. The molecule has 2 aromatic heterocycles. The summed E-state index contributed by atoms with van der Waals surface area (Å²) in [6.07, 6.45) is 0. The van der Waals surface area contributed by atoms with Gasteiger partial charge in [-0.1, -0.05) is 0 Å². The number of carboxylic acid groups (broad SMARTS) is 1. The summed E-state index contributed by atoms with van der Waals surface area (Å²) in [5.41, 5.74) is 0.465. The Morgan fingerprint density at radius 3 is 2.70 bits per heavy atom. The topological polar surface area (TPSA) is 107 Å². The van der Waals surface area contributed by atoms with Crippen molar-refractivity contribution in [1.29, 1.82) is 5.26 Å². The van der Waals surface area contributed by atoms with E-state index >= 15 is 0 Å². The third kappa shape index (κ3) is 2.88. The average Bonchev–Trinajstić information content (AvgIpc) is 3.05. The Hall–Kier alpha value is -1.73. The summed E-state index contributed by atoms with van der Waals surface area (Å²) >= 11 is 1.97. The standard InChI is InChI=1S/C11H8N2O4S3/c12-5-7-1-4-19-11(7)20(16,17)13-6-8-2-3-18-9(8)10(14)15/h1-4,13H,6H2,(H,14,15). The van der Waals surface area contributed by atoms with Crippen LogP contribution >= 0.6 is 22.7 Å². The van der Waals surface area contributed by atoms with Crippen molar-refractivity contribution < 1.29 is 18.3 Å². The van der Waals surface area contributed by atoms with Gasteiger partial charge in [-0.05, 0) is 28.5 Å². The molecule has 0 amide bonds. The van der Waals surface area contributed by atoms with Gasteiger partial charge < -0.3 is 5.11 Å². The molecule has 0 aromatic carbocycles. The zero-order valence-corrected chi connectivity index (χ0v) is 12.3. The highest BCUT2D eigenvalue weighted by Crippen LogP contribution is 2.23. The lowest BCUT2D eigenvalue weighted by Crippen LogP contribution is -2.23. The highest BCUT2D eigenvalue weighted by Gasteiger charge is 2.21. The largest absolute Gasteiger partial charge is 0.477 e. The van der Waals surface area contributed by atoms with Crippen LogP contribution in [-0.2, 0) is 16.6 Å². The van der Waals surface area contributed by atoms with E-state index in [1.54, 1.807) is 17.5 Å². The highest BCUT2D eigenvalue weighted by molar-refractivity contribution is 7.91. The minimum absolute atomic E-state index is 0.0629. The van der Waals surface area contributed by atoms with E-state index in [0.717, 1.165) is 22.7 Å². The van der Waals surface area contributed by atoms with Gasteiger partial charge in [0.25, 0.3) is 10.0 Å².